The molecule has 0 radical (unpaired) electrons. The van der Waals surface area contributed by atoms with Crippen molar-refractivity contribution < 1.29 is 5.11 Å². The lowest BCUT2D eigenvalue weighted by molar-refractivity contribution is 0.350. The molecule has 0 bridgehead atoms. The first kappa shape index (κ1) is 12.3. The summed E-state index contributed by atoms with van der Waals surface area (Å²) in [5, 5.41) is 15.7. The summed E-state index contributed by atoms with van der Waals surface area (Å²) in [6, 6.07) is 12.4. The molecule has 3 rings (SSSR count). The third-order valence-corrected chi connectivity index (χ3v) is 4.35. The Bertz CT molecular complexity index is 578. The van der Waals surface area contributed by atoms with Gasteiger partial charge >= 0.3 is 0 Å². The summed E-state index contributed by atoms with van der Waals surface area (Å²) in [6.45, 7) is 2.33. The van der Waals surface area contributed by atoms with Crippen LogP contribution in [0.25, 0.3) is 10.8 Å². The number of anilines is 1. The number of aromatic hydroxyl groups is 1. The van der Waals surface area contributed by atoms with Crippen LogP contribution in [-0.4, -0.2) is 11.1 Å². The van der Waals surface area contributed by atoms with Crippen molar-refractivity contribution in [2.24, 2.45) is 5.92 Å². The van der Waals surface area contributed by atoms with Gasteiger partial charge in [0.2, 0.25) is 0 Å². The first-order valence-corrected chi connectivity index (χ1v) is 7.23. The van der Waals surface area contributed by atoms with Gasteiger partial charge in [-0.25, -0.2) is 0 Å². The van der Waals surface area contributed by atoms with Crippen molar-refractivity contribution in [3.63, 3.8) is 0 Å². The van der Waals surface area contributed by atoms with Crippen molar-refractivity contribution in [3.05, 3.63) is 36.4 Å². The van der Waals surface area contributed by atoms with Gasteiger partial charge in [0.05, 0.1) is 0 Å². The van der Waals surface area contributed by atoms with Crippen molar-refractivity contribution in [2.45, 2.75) is 38.6 Å². The van der Waals surface area contributed by atoms with Crippen molar-refractivity contribution in [2.75, 3.05) is 5.32 Å². The highest BCUT2D eigenvalue weighted by molar-refractivity contribution is 5.97. The van der Waals surface area contributed by atoms with Crippen molar-refractivity contribution in [1.82, 2.24) is 0 Å². The van der Waals surface area contributed by atoms with Crippen LogP contribution in [0.5, 0.6) is 5.75 Å². The highest BCUT2D eigenvalue weighted by Crippen LogP contribution is 2.33. The Morgan fingerprint density at radius 3 is 2.58 bits per heavy atom. The number of phenolic OH excluding ortho intramolecular Hbond substituents is 1. The zero-order chi connectivity index (χ0) is 13.2. The Balaban J connectivity index is 1.94. The van der Waals surface area contributed by atoms with Crippen LogP contribution in [0.3, 0.4) is 0 Å². The van der Waals surface area contributed by atoms with Crippen LogP contribution in [0.15, 0.2) is 36.4 Å². The summed E-state index contributed by atoms with van der Waals surface area (Å²) in [5.41, 5.74) is 1.15. The monoisotopic (exact) mass is 255 g/mol. The smallest absolute Gasteiger partial charge is 0.123 e. The van der Waals surface area contributed by atoms with Crippen molar-refractivity contribution in [1.29, 1.82) is 0 Å². The maximum atomic E-state index is 9.93. The molecule has 2 heteroatoms. The van der Waals surface area contributed by atoms with Gasteiger partial charge in [-0.1, -0.05) is 44.0 Å². The fraction of sp³-hybridized carbons (Fsp3) is 0.412. The van der Waals surface area contributed by atoms with E-state index in [1.807, 2.05) is 18.2 Å². The third kappa shape index (κ3) is 2.40. The Kier molecular flexibility index (Phi) is 3.33. The molecule has 2 N–H and O–H groups in total. The lowest BCUT2D eigenvalue weighted by atomic mass is 9.85. The fourth-order valence-electron chi connectivity index (χ4n) is 3.15. The van der Waals surface area contributed by atoms with Gasteiger partial charge in [-0.05, 0) is 30.9 Å². The molecule has 2 aromatic rings. The van der Waals surface area contributed by atoms with E-state index in [4.69, 9.17) is 0 Å². The largest absolute Gasteiger partial charge is 0.507 e. The van der Waals surface area contributed by atoms with E-state index in [0.29, 0.717) is 11.8 Å². The third-order valence-electron chi connectivity index (χ3n) is 4.35. The second-order valence-electron chi connectivity index (χ2n) is 5.69. The minimum absolute atomic E-state index is 0.359. The van der Waals surface area contributed by atoms with E-state index in [-0.39, 0.29) is 0 Å². The number of fused-ring (bicyclic) bond motifs is 1. The molecule has 1 aliphatic carbocycles. The van der Waals surface area contributed by atoms with Crippen LogP contribution in [0.2, 0.25) is 0 Å². The van der Waals surface area contributed by atoms with E-state index in [9.17, 15) is 5.11 Å². The Labute approximate surface area is 114 Å². The number of hydrogen-bond acceptors (Lipinski definition) is 2. The van der Waals surface area contributed by atoms with Gasteiger partial charge in [0.25, 0.3) is 0 Å². The predicted molar refractivity (Wildman–Crippen MR) is 80.7 cm³/mol. The topological polar surface area (TPSA) is 32.3 Å². The number of benzene rings is 2. The minimum Gasteiger partial charge on any atom is -0.507 e. The van der Waals surface area contributed by atoms with E-state index in [2.05, 4.69) is 24.4 Å². The SMILES string of the molecule is CC1CCCCC1Nc1cccc2c(O)cccc12. The van der Waals surface area contributed by atoms with Crippen LogP contribution >= 0.6 is 0 Å². The van der Waals surface area contributed by atoms with E-state index >= 15 is 0 Å². The second-order valence-corrected chi connectivity index (χ2v) is 5.69. The summed E-state index contributed by atoms with van der Waals surface area (Å²) in [4.78, 5) is 0. The molecule has 2 atom stereocenters. The van der Waals surface area contributed by atoms with E-state index in [0.717, 1.165) is 22.4 Å². The average molecular weight is 255 g/mol. The number of rotatable bonds is 2. The van der Waals surface area contributed by atoms with Crippen molar-refractivity contribution in [3.8, 4) is 5.75 Å². The molecular formula is C17H21NO. The van der Waals surface area contributed by atoms with E-state index in [1.165, 1.54) is 25.7 Å². The normalized spacial score (nSPS) is 23.4. The van der Waals surface area contributed by atoms with E-state index < -0.39 is 0 Å². The zero-order valence-electron chi connectivity index (χ0n) is 11.4. The molecule has 2 aromatic carbocycles. The molecule has 0 saturated heterocycles. The van der Waals surface area contributed by atoms with Crippen LogP contribution < -0.4 is 5.32 Å². The molecule has 0 aromatic heterocycles. The molecule has 2 unspecified atom stereocenters. The quantitative estimate of drug-likeness (QED) is 0.826. The summed E-state index contributed by atoms with van der Waals surface area (Å²) in [5.74, 6) is 1.08. The fourth-order valence-corrected chi connectivity index (χ4v) is 3.15. The van der Waals surface area contributed by atoms with Crippen LogP contribution in [0.4, 0.5) is 5.69 Å². The Morgan fingerprint density at radius 1 is 1.00 bits per heavy atom. The second kappa shape index (κ2) is 5.12. The number of nitrogens with one attached hydrogen (secondary N) is 1. The lowest BCUT2D eigenvalue weighted by Gasteiger charge is -2.30. The molecule has 100 valence electrons. The molecule has 1 fully saturated rings. The lowest BCUT2D eigenvalue weighted by Crippen LogP contribution is -2.30. The van der Waals surface area contributed by atoms with Gasteiger partial charge in [-0.2, -0.15) is 0 Å². The molecule has 2 nitrogen and oxygen atoms in total. The Hall–Kier alpha value is -1.70. The van der Waals surface area contributed by atoms with Gasteiger partial charge < -0.3 is 10.4 Å². The van der Waals surface area contributed by atoms with Crippen LogP contribution in [0, 0.1) is 5.92 Å². The molecule has 1 saturated carbocycles. The molecule has 1 aliphatic rings. The summed E-state index contributed by atoms with van der Waals surface area (Å²) < 4.78 is 0. The standard InChI is InChI=1S/C17H21NO/c1-12-6-2-3-9-15(12)18-16-10-4-8-14-13(16)7-5-11-17(14)19/h4-5,7-8,10-12,15,18-19H,2-3,6,9H2,1H3. The molecular weight excluding hydrogens is 234 g/mol. The highest BCUT2D eigenvalue weighted by Gasteiger charge is 2.21. The average Bonchev–Trinajstić information content (AvgIpc) is 2.42. The molecule has 0 heterocycles. The predicted octanol–water partition coefficient (Wildman–Crippen LogP) is 4.54. The molecule has 0 aliphatic heterocycles. The van der Waals surface area contributed by atoms with Gasteiger partial charge in [0, 0.05) is 22.5 Å². The molecule has 19 heavy (non-hydrogen) atoms. The molecule has 0 spiro atoms. The minimum atomic E-state index is 0.359. The van der Waals surface area contributed by atoms with Crippen molar-refractivity contribution >= 4 is 16.5 Å². The van der Waals surface area contributed by atoms with Crippen LogP contribution in [-0.2, 0) is 0 Å². The maximum absolute atomic E-state index is 9.93. The maximum Gasteiger partial charge on any atom is 0.123 e. The molecule has 0 amide bonds. The number of phenols is 1. The Morgan fingerprint density at radius 2 is 1.74 bits per heavy atom. The summed E-state index contributed by atoms with van der Waals surface area (Å²) >= 11 is 0. The zero-order valence-corrected chi connectivity index (χ0v) is 11.4. The first-order chi connectivity index (χ1) is 9.25. The first-order valence-electron chi connectivity index (χ1n) is 7.23. The summed E-state index contributed by atoms with van der Waals surface area (Å²) in [6.07, 6.45) is 5.23. The van der Waals surface area contributed by atoms with E-state index in [1.54, 1.807) is 6.07 Å². The van der Waals surface area contributed by atoms with Gasteiger partial charge in [0.1, 0.15) is 5.75 Å². The number of hydrogen-bond donors (Lipinski definition) is 2. The van der Waals surface area contributed by atoms with Gasteiger partial charge in [-0.3, -0.25) is 0 Å². The summed E-state index contributed by atoms with van der Waals surface area (Å²) in [7, 11) is 0. The van der Waals surface area contributed by atoms with Gasteiger partial charge in [-0.15, -0.1) is 0 Å². The highest BCUT2D eigenvalue weighted by atomic mass is 16.3. The van der Waals surface area contributed by atoms with Gasteiger partial charge in [0.15, 0.2) is 0 Å². The van der Waals surface area contributed by atoms with Crippen LogP contribution in [0.1, 0.15) is 32.6 Å².